The Kier molecular flexibility index (Phi) is 3.94. The third-order valence-electron chi connectivity index (χ3n) is 3.01. The Labute approximate surface area is 107 Å². The fourth-order valence-electron chi connectivity index (χ4n) is 1.99. The molecular formula is C12H13F3N2O2. The van der Waals surface area contributed by atoms with Crippen molar-refractivity contribution < 1.29 is 23.1 Å². The Hall–Kier alpha value is -1.76. The first kappa shape index (κ1) is 13.7. The molecule has 1 aliphatic rings. The van der Waals surface area contributed by atoms with Gasteiger partial charge in [0.15, 0.2) is 17.4 Å². The Morgan fingerprint density at radius 2 is 2.11 bits per heavy atom. The number of hydrogen-bond acceptors (Lipinski definition) is 3. The topological polar surface area (TPSA) is 61.4 Å². The number of phenolic OH excluding ortho intramolecular Hbond substituents is 1. The van der Waals surface area contributed by atoms with Crippen molar-refractivity contribution in [3.05, 3.63) is 29.1 Å². The molecule has 1 amide bonds. The maximum Gasteiger partial charge on any atom is 0.254 e. The van der Waals surface area contributed by atoms with Crippen LogP contribution in [0.3, 0.4) is 0 Å². The number of hydrogen-bond donors (Lipinski definition) is 3. The second-order valence-electron chi connectivity index (χ2n) is 4.40. The molecule has 0 radical (unpaired) electrons. The number of carbonyl (C=O) groups excluding carboxylic acids is 1. The van der Waals surface area contributed by atoms with Gasteiger partial charge in [-0.05, 0) is 25.5 Å². The van der Waals surface area contributed by atoms with Crippen LogP contribution in [0.2, 0.25) is 0 Å². The van der Waals surface area contributed by atoms with E-state index in [-0.39, 0.29) is 6.04 Å². The van der Waals surface area contributed by atoms with Crippen LogP contribution in [0.4, 0.5) is 13.2 Å². The molecule has 19 heavy (non-hydrogen) atoms. The van der Waals surface area contributed by atoms with Crippen LogP contribution in [-0.2, 0) is 0 Å². The Balaban J connectivity index is 2.19. The van der Waals surface area contributed by atoms with E-state index in [2.05, 4.69) is 10.6 Å². The molecular weight excluding hydrogens is 261 g/mol. The largest absolute Gasteiger partial charge is 0.503 e. The average molecular weight is 274 g/mol. The van der Waals surface area contributed by atoms with Crippen LogP contribution in [0, 0.1) is 17.5 Å². The number of rotatable bonds is 2. The number of aromatic hydroxyl groups is 1. The van der Waals surface area contributed by atoms with Gasteiger partial charge < -0.3 is 15.7 Å². The quantitative estimate of drug-likeness (QED) is 0.712. The molecule has 104 valence electrons. The standard InChI is InChI=1S/C12H13F3N2O2/c13-8-4-7(9(14)11(18)10(8)15)12(19)17-6-2-1-3-16-5-6/h4,6,16,18H,1-3,5H2,(H,17,19)/t6-/m1/s1. The number of halogens is 3. The molecule has 1 atom stereocenters. The number of phenols is 1. The molecule has 0 aromatic heterocycles. The lowest BCUT2D eigenvalue weighted by Gasteiger charge is -2.23. The first-order valence-corrected chi connectivity index (χ1v) is 5.88. The van der Waals surface area contributed by atoms with E-state index < -0.39 is 34.7 Å². The summed E-state index contributed by atoms with van der Waals surface area (Å²) in [6.45, 7) is 1.37. The van der Waals surface area contributed by atoms with Gasteiger partial charge in [-0.25, -0.2) is 8.78 Å². The summed E-state index contributed by atoms with van der Waals surface area (Å²) >= 11 is 0. The highest BCUT2D eigenvalue weighted by molar-refractivity contribution is 5.95. The number of nitrogens with one attached hydrogen (secondary N) is 2. The van der Waals surface area contributed by atoms with E-state index >= 15 is 0 Å². The van der Waals surface area contributed by atoms with Gasteiger partial charge in [-0.15, -0.1) is 0 Å². The normalized spacial score (nSPS) is 19.2. The Morgan fingerprint density at radius 1 is 1.37 bits per heavy atom. The summed E-state index contributed by atoms with van der Waals surface area (Å²) in [5, 5.41) is 14.6. The number of carbonyl (C=O) groups is 1. The molecule has 0 unspecified atom stereocenters. The summed E-state index contributed by atoms with van der Waals surface area (Å²) < 4.78 is 39.5. The van der Waals surface area contributed by atoms with Crippen molar-refractivity contribution in [3.8, 4) is 5.75 Å². The lowest BCUT2D eigenvalue weighted by Crippen LogP contribution is -2.45. The predicted molar refractivity (Wildman–Crippen MR) is 61.3 cm³/mol. The van der Waals surface area contributed by atoms with Crippen LogP contribution < -0.4 is 10.6 Å². The summed E-state index contributed by atoms with van der Waals surface area (Å²) in [5.41, 5.74) is -0.707. The van der Waals surface area contributed by atoms with Crippen molar-refractivity contribution in [3.63, 3.8) is 0 Å². The molecule has 2 rings (SSSR count). The third-order valence-corrected chi connectivity index (χ3v) is 3.01. The van der Waals surface area contributed by atoms with E-state index in [1.165, 1.54) is 0 Å². The van der Waals surface area contributed by atoms with E-state index in [1.807, 2.05) is 0 Å². The minimum absolute atomic E-state index is 0.198. The maximum absolute atomic E-state index is 13.5. The van der Waals surface area contributed by atoms with E-state index in [9.17, 15) is 18.0 Å². The van der Waals surface area contributed by atoms with Crippen LogP contribution >= 0.6 is 0 Å². The van der Waals surface area contributed by atoms with Crippen molar-refractivity contribution >= 4 is 5.91 Å². The van der Waals surface area contributed by atoms with Gasteiger partial charge in [0.25, 0.3) is 5.91 Å². The van der Waals surface area contributed by atoms with Gasteiger partial charge in [0.1, 0.15) is 0 Å². The van der Waals surface area contributed by atoms with Crippen LogP contribution in [-0.4, -0.2) is 30.1 Å². The maximum atomic E-state index is 13.5. The molecule has 3 N–H and O–H groups in total. The molecule has 1 aromatic carbocycles. The van der Waals surface area contributed by atoms with Gasteiger partial charge in [-0.3, -0.25) is 4.79 Å². The van der Waals surface area contributed by atoms with Gasteiger partial charge in [0, 0.05) is 12.6 Å². The Morgan fingerprint density at radius 3 is 2.74 bits per heavy atom. The highest BCUT2D eigenvalue weighted by Gasteiger charge is 2.24. The first-order chi connectivity index (χ1) is 9.00. The summed E-state index contributed by atoms with van der Waals surface area (Å²) in [6, 6.07) is 0.242. The second-order valence-corrected chi connectivity index (χ2v) is 4.40. The first-order valence-electron chi connectivity index (χ1n) is 5.88. The number of benzene rings is 1. The average Bonchev–Trinajstić information content (AvgIpc) is 2.41. The van der Waals surface area contributed by atoms with Crippen LogP contribution in [0.25, 0.3) is 0 Å². The minimum Gasteiger partial charge on any atom is -0.503 e. The minimum atomic E-state index is -1.70. The third kappa shape index (κ3) is 2.81. The van der Waals surface area contributed by atoms with Gasteiger partial charge >= 0.3 is 0 Å². The molecule has 0 spiro atoms. The van der Waals surface area contributed by atoms with Crippen molar-refractivity contribution in [2.75, 3.05) is 13.1 Å². The summed E-state index contributed by atoms with van der Waals surface area (Å²) in [5.74, 6) is -6.98. The van der Waals surface area contributed by atoms with Gasteiger partial charge in [-0.1, -0.05) is 0 Å². The molecule has 1 saturated heterocycles. The monoisotopic (exact) mass is 274 g/mol. The molecule has 7 heteroatoms. The van der Waals surface area contributed by atoms with Crippen molar-refractivity contribution in [2.45, 2.75) is 18.9 Å². The van der Waals surface area contributed by atoms with Gasteiger partial charge in [-0.2, -0.15) is 4.39 Å². The SMILES string of the molecule is O=C(N[C@@H]1CCCNC1)c1cc(F)c(F)c(O)c1F. The smallest absolute Gasteiger partial charge is 0.254 e. The van der Waals surface area contributed by atoms with Crippen LogP contribution in [0.15, 0.2) is 6.07 Å². The van der Waals surface area contributed by atoms with Crippen LogP contribution in [0.5, 0.6) is 5.75 Å². The molecule has 4 nitrogen and oxygen atoms in total. The zero-order valence-corrected chi connectivity index (χ0v) is 9.97. The molecule has 1 aliphatic heterocycles. The van der Waals surface area contributed by atoms with Crippen molar-refractivity contribution in [1.29, 1.82) is 0 Å². The highest BCUT2D eigenvalue weighted by Crippen LogP contribution is 2.25. The fraction of sp³-hybridized carbons (Fsp3) is 0.417. The molecule has 0 aliphatic carbocycles. The summed E-state index contributed by atoms with van der Waals surface area (Å²) in [4.78, 5) is 11.8. The van der Waals surface area contributed by atoms with Crippen molar-refractivity contribution in [2.24, 2.45) is 0 Å². The van der Waals surface area contributed by atoms with E-state index in [4.69, 9.17) is 5.11 Å². The fourth-order valence-corrected chi connectivity index (χ4v) is 1.99. The molecule has 0 bridgehead atoms. The van der Waals surface area contributed by atoms with Crippen molar-refractivity contribution in [1.82, 2.24) is 10.6 Å². The van der Waals surface area contributed by atoms with E-state index in [0.717, 1.165) is 19.4 Å². The zero-order chi connectivity index (χ0) is 14.0. The number of amides is 1. The van der Waals surface area contributed by atoms with Crippen LogP contribution in [0.1, 0.15) is 23.2 Å². The molecule has 1 aromatic rings. The zero-order valence-electron chi connectivity index (χ0n) is 9.97. The Bertz CT molecular complexity index is 502. The molecule has 1 fully saturated rings. The van der Waals surface area contributed by atoms with Gasteiger partial charge in [0.05, 0.1) is 5.56 Å². The van der Waals surface area contributed by atoms with Gasteiger partial charge in [0.2, 0.25) is 5.82 Å². The second kappa shape index (κ2) is 5.48. The summed E-state index contributed by atoms with van der Waals surface area (Å²) in [6.07, 6.45) is 1.58. The molecule has 1 heterocycles. The predicted octanol–water partition coefficient (Wildman–Crippen LogP) is 1.29. The lowest BCUT2D eigenvalue weighted by molar-refractivity contribution is 0.0924. The number of piperidine rings is 1. The molecule has 0 saturated carbocycles. The summed E-state index contributed by atoms with van der Waals surface area (Å²) in [7, 11) is 0. The van der Waals surface area contributed by atoms with E-state index in [1.54, 1.807) is 0 Å². The lowest BCUT2D eigenvalue weighted by atomic mass is 10.1. The van der Waals surface area contributed by atoms with E-state index in [0.29, 0.717) is 12.6 Å². The highest BCUT2D eigenvalue weighted by atomic mass is 19.2.